The van der Waals surface area contributed by atoms with Gasteiger partial charge in [0, 0.05) is 24.3 Å². The average molecular weight is 310 g/mol. The van der Waals surface area contributed by atoms with E-state index in [-0.39, 0.29) is 18.2 Å². The first-order chi connectivity index (χ1) is 9.94. The maximum absolute atomic E-state index is 12.1. The molecule has 2 rings (SSSR count). The lowest BCUT2D eigenvalue weighted by atomic mass is 10.1. The van der Waals surface area contributed by atoms with Crippen molar-refractivity contribution in [1.29, 1.82) is 0 Å². The predicted octanol–water partition coefficient (Wildman–Crippen LogP) is 1.73. The van der Waals surface area contributed by atoms with E-state index in [2.05, 4.69) is 10.6 Å². The summed E-state index contributed by atoms with van der Waals surface area (Å²) in [6.45, 7) is 4.99. The van der Waals surface area contributed by atoms with E-state index in [4.69, 9.17) is 0 Å². The van der Waals surface area contributed by atoms with Gasteiger partial charge in [-0.25, -0.2) is 8.42 Å². The molecule has 2 N–H and O–H groups in total. The van der Waals surface area contributed by atoms with Crippen molar-refractivity contribution in [3.8, 4) is 0 Å². The molecule has 0 aromatic heterocycles. The van der Waals surface area contributed by atoms with Crippen LogP contribution in [0.15, 0.2) is 18.2 Å². The molecule has 1 heterocycles. The zero-order valence-corrected chi connectivity index (χ0v) is 13.3. The molecule has 21 heavy (non-hydrogen) atoms. The summed E-state index contributed by atoms with van der Waals surface area (Å²) in [6, 6.07) is 5.44. The Morgan fingerprint density at radius 1 is 1.38 bits per heavy atom. The van der Waals surface area contributed by atoms with Crippen molar-refractivity contribution in [2.75, 3.05) is 24.2 Å². The normalized spacial score (nSPS) is 20.2. The van der Waals surface area contributed by atoms with Crippen LogP contribution in [0.25, 0.3) is 0 Å². The van der Waals surface area contributed by atoms with Crippen molar-refractivity contribution < 1.29 is 13.2 Å². The fourth-order valence-corrected chi connectivity index (χ4v) is 4.36. The highest BCUT2D eigenvalue weighted by Gasteiger charge is 2.31. The molecule has 0 bridgehead atoms. The van der Waals surface area contributed by atoms with Crippen LogP contribution in [-0.4, -0.2) is 38.4 Å². The number of amides is 1. The Kier molecular flexibility index (Phi) is 4.88. The third-order valence-corrected chi connectivity index (χ3v) is 6.08. The van der Waals surface area contributed by atoms with E-state index in [0.29, 0.717) is 18.4 Å². The van der Waals surface area contributed by atoms with Crippen LogP contribution in [0.2, 0.25) is 0 Å². The molecule has 116 valence electrons. The minimum Gasteiger partial charge on any atom is -0.385 e. The SMILES string of the molecule is CCNc1ccc(C(=O)NCC2CCCS2(=O)=O)cc1C. The van der Waals surface area contributed by atoms with Crippen LogP contribution in [-0.2, 0) is 9.84 Å². The molecule has 0 radical (unpaired) electrons. The topological polar surface area (TPSA) is 75.3 Å². The number of benzene rings is 1. The Hall–Kier alpha value is -1.56. The zero-order valence-electron chi connectivity index (χ0n) is 12.5. The van der Waals surface area contributed by atoms with Gasteiger partial charge in [-0.1, -0.05) is 0 Å². The lowest BCUT2D eigenvalue weighted by Crippen LogP contribution is -2.34. The van der Waals surface area contributed by atoms with Crippen molar-refractivity contribution in [2.24, 2.45) is 0 Å². The van der Waals surface area contributed by atoms with Crippen molar-refractivity contribution >= 4 is 21.4 Å². The molecule has 1 fully saturated rings. The van der Waals surface area contributed by atoms with Gasteiger partial charge in [-0.3, -0.25) is 4.79 Å². The molecule has 1 aliphatic heterocycles. The lowest BCUT2D eigenvalue weighted by molar-refractivity contribution is 0.0953. The predicted molar refractivity (Wildman–Crippen MR) is 84.5 cm³/mol. The molecule has 1 amide bonds. The summed E-state index contributed by atoms with van der Waals surface area (Å²) in [5.74, 6) is 0.0209. The quantitative estimate of drug-likeness (QED) is 0.868. The first-order valence-electron chi connectivity index (χ1n) is 7.28. The second kappa shape index (κ2) is 6.47. The van der Waals surface area contributed by atoms with Crippen LogP contribution >= 0.6 is 0 Å². The summed E-state index contributed by atoms with van der Waals surface area (Å²) in [4.78, 5) is 12.1. The fraction of sp³-hybridized carbons (Fsp3) is 0.533. The molecule has 0 spiro atoms. The minimum atomic E-state index is -3.01. The maximum Gasteiger partial charge on any atom is 0.251 e. The molecule has 5 nitrogen and oxygen atoms in total. The summed E-state index contributed by atoms with van der Waals surface area (Å²) in [7, 11) is -3.01. The van der Waals surface area contributed by atoms with Gasteiger partial charge in [0.15, 0.2) is 9.84 Å². The maximum atomic E-state index is 12.1. The highest BCUT2D eigenvalue weighted by molar-refractivity contribution is 7.92. The molecule has 1 aromatic carbocycles. The molecule has 1 aromatic rings. The number of aryl methyl sites for hydroxylation is 1. The van der Waals surface area contributed by atoms with Gasteiger partial charge in [0.1, 0.15) is 0 Å². The summed E-state index contributed by atoms with van der Waals surface area (Å²) < 4.78 is 23.4. The van der Waals surface area contributed by atoms with Gasteiger partial charge in [-0.05, 0) is 50.5 Å². The number of hydrogen-bond donors (Lipinski definition) is 2. The van der Waals surface area contributed by atoms with Gasteiger partial charge in [-0.15, -0.1) is 0 Å². The third-order valence-electron chi connectivity index (χ3n) is 3.81. The van der Waals surface area contributed by atoms with Gasteiger partial charge >= 0.3 is 0 Å². The Morgan fingerprint density at radius 3 is 2.71 bits per heavy atom. The first kappa shape index (κ1) is 15.8. The van der Waals surface area contributed by atoms with E-state index < -0.39 is 15.1 Å². The summed E-state index contributed by atoms with van der Waals surface area (Å²) in [5, 5.41) is 5.53. The van der Waals surface area contributed by atoms with Crippen LogP contribution in [0.3, 0.4) is 0 Å². The molecule has 0 aliphatic carbocycles. The van der Waals surface area contributed by atoms with Crippen LogP contribution in [0, 0.1) is 6.92 Å². The largest absolute Gasteiger partial charge is 0.385 e. The van der Waals surface area contributed by atoms with E-state index in [0.717, 1.165) is 17.8 Å². The molecule has 1 aliphatic rings. The molecule has 1 saturated heterocycles. The molecule has 0 saturated carbocycles. The van der Waals surface area contributed by atoms with Crippen LogP contribution in [0.4, 0.5) is 5.69 Å². The highest BCUT2D eigenvalue weighted by Crippen LogP contribution is 2.20. The van der Waals surface area contributed by atoms with Gasteiger partial charge < -0.3 is 10.6 Å². The van der Waals surface area contributed by atoms with E-state index in [1.54, 1.807) is 6.07 Å². The second-order valence-electron chi connectivity index (χ2n) is 5.40. The minimum absolute atomic E-state index is 0.204. The molecular formula is C15H22N2O3S. The average Bonchev–Trinajstić information content (AvgIpc) is 2.77. The Bertz CT molecular complexity index is 626. The molecule has 1 atom stereocenters. The number of hydrogen-bond acceptors (Lipinski definition) is 4. The second-order valence-corrected chi connectivity index (χ2v) is 7.80. The van der Waals surface area contributed by atoms with Crippen LogP contribution < -0.4 is 10.6 Å². The van der Waals surface area contributed by atoms with E-state index >= 15 is 0 Å². The number of nitrogens with one attached hydrogen (secondary N) is 2. The van der Waals surface area contributed by atoms with Gasteiger partial charge in [-0.2, -0.15) is 0 Å². The summed E-state index contributed by atoms with van der Waals surface area (Å²) in [6.07, 6.45) is 1.33. The van der Waals surface area contributed by atoms with Crippen LogP contribution in [0.1, 0.15) is 35.7 Å². The van der Waals surface area contributed by atoms with E-state index in [1.807, 2.05) is 26.0 Å². The first-order valence-corrected chi connectivity index (χ1v) is 9.00. The standard InChI is InChI=1S/C15H22N2O3S/c1-3-16-14-7-6-12(9-11(14)2)15(18)17-10-13-5-4-8-21(13,19)20/h6-7,9,13,16H,3-5,8,10H2,1-2H3,(H,17,18). The van der Waals surface area contributed by atoms with Gasteiger partial charge in [0.2, 0.25) is 0 Å². The van der Waals surface area contributed by atoms with Gasteiger partial charge in [0.05, 0.1) is 11.0 Å². The number of carbonyl (C=O) groups is 1. The number of carbonyl (C=O) groups excluding carboxylic acids is 1. The van der Waals surface area contributed by atoms with Crippen molar-refractivity contribution in [1.82, 2.24) is 5.32 Å². The zero-order chi connectivity index (χ0) is 15.5. The fourth-order valence-electron chi connectivity index (χ4n) is 2.59. The van der Waals surface area contributed by atoms with E-state index in [1.165, 1.54) is 0 Å². The Balaban J connectivity index is 1.99. The van der Waals surface area contributed by atoms with Crippen molar-refractivity contribution in [3.05, 3.63) is 29.3 Å². The van der Waals surface area contributed by atoms with Crippen molar-refractivity contribution in [3.63, 3.8) is 0 Å². The smallest absolute Gasteiger partial charge is 0.251 e. The lowest BCUT2D eigenvalue weighted by Gasteiger charge is -2.12. The van der Waals surface area contributed by atoms with Crippen molar-refractivity contribution in [2.45, 2.75) is 31.9 Å². The molecular weight excluding hydrogens is 288 g/mol. The highest BCUT2D eigenvalue weighted by atomic mass is 32.2. The number of rotatable bonds is 5. The van der Waals surface area contributed by atoms with Crippen LogP contribution in [0.5, 0.6) is 0 Å². The monoisotopic (exact) mass is 310 g/mol. The third kappa shape index (κ3) is 3.75. The van der Waals surface area contributed by atoms with E-state index in [9.17, 15) is 13.2 Å². The number of sulfone groups is 1. The molecule has 1 unspecified atom stereocenters. The summed E-state index contributed by atoms with van der Waals surface area (Å²) in [5.41, 5.74) is 2.56. The Morgan fingerprint density at radius 2 is 2.14 bits per heavy atom. The van der Waals surface area contributed by atoms with Gasteiger partial charge in [0.25, 0.3) is 5.91 Å². The number of anilines is 1. The summed E-state index contributed by atoms with van der Waals surface area (Å²) >= 11 is 0. The Labute approximate surface area is 126 Å². The molecule has 6 heteroatoms.